The van der Waals surface area contributed by atoms with E-state index < -0.39 is 0 Å². The molecule has 0 aromatic rings. The Hall–Kier alpha value is -0.120. The van der Waals surface area contributed by atoms with Crippen molar-refractivity contribution in [2.24, 2.45) is 0 Å². The Kier molecular flexibility index (Phi) is 5.93. The largest absolute Gasteiger partial charge is 0.314 e. The smallest absolute Gasteiger partial charge is 0.0217 e. The minimum atomic E-state index is 0.708. The van der Waals surface area contributed by atoms with Gasteiger partial charge in [-0.05, 0) is 59.3 Å². The summed E-state index contributed by atoms with van der Waals surface area (Å²) in [4.78, 5) is 5.18. The highest BCUT2D eigenvalue weighted by Gasteiger charge is 2.20. The molecule has 0 aromatic heterocycles. The number of likely N-dealkylation sites (N-methyl/N-ethyl adjacent to an activating group) is 1. The van der Waals surface area contributed by atoms with Crippen molar-refractivity contribution in [3.63, 3.8) is 0 Å². The van der Waals surface area contributed by atoms with Gasteiger partial charge in [-0.3, -0.25) is 4.90 Å². The van der Waals surface area contributed by atoms with E-state index in [9.17, 15) is 0 Å². The van der Waals surface area contributed by atoms with E-state index in [2.05, 4.69) is 29.1 Å². The summed E-state index contributed by atoms with van der Waals surface area (Å²) in [5.74, 6) is 0. The Bertz CT molecular complexity index is 226. The maximum Gasteiger partial charge on any atom is 0.0217 e. The third kappa shape index (κ3) is 4.22. The molecule has 2 unspecified atom stereocenters. The summed E-state index contributed by atoms with van der Waals surface area (Å²) < 4.78 is 0. The number of hydrogen-bond donors (Lipinski definition) is 1. The van der Waals surface area contributed by atoms with Gasteiger partial charge < -0.3 is 10.2 Å². The SMILES string of the molecule is CC(CNCC1CCCCN1C)N1CCCCC1. The predicted molar refractivity (Wildman–Crippen MR) is 78.0 cm³/mol. The summed E-state index contributed by atoms with van der Waals surface area (Å²) >= 11 is 0. The second kappa shape index (κ2) is 7.46. The topological polar surface area (TPSA) is 18.5 Å². The molecule has 2 fully saturated rings. The minimum Gasteiger partial charge on any atom is -0.314 e. The number of hydrogen-bond acceptors (Lipinski definition) is 3. The summed E-state index contributed by atoms with van der Waals surface area (Å²) in [7, 11) is 2.28. The van der Waals surface area contributed by atoms with Crippen LogP contribution < -0.4 is 5.32 Å². The Morgan fingerprint density at radius 2 is 1.78 bits per heavy atom. The molecule has 1 N–H and O–H groups in total. The zero-order valence-electron chi connectivity index (χ0n) is 12.3. The molecule has 0 aromatic carbocycles. The number of likely N-dealkylation sites (tertiary alicyclic amines) is 2. The number of nitrogens with zero attached hydrogens (tertiary/aromatic N) is 2. The molecule has 2 rings (SSSR count). The van der Waals surface area contributed by atoms with Gasteiger partial charge in [0.15, 0.2) is 0 Å². The van der Waals surface area contributed by atoms with E-state index in [-0.39, 0.29) is 0 Å². The van der Waals surface area contributed by atoms with Crippen molar-refractivity contribution < 1.29 is 0 Å². The summed E-state index contributed by atoms with van der Waals surface area (Å²) in [5, 5.41) is 3.70. The van der Waals surface area contributed by atoms with Gasteiger partial charge in [0.25, 0.3) is 0 Å². The number of piperidine rings is 2. The van der Waals surface area contributed by atoms with E-state index in [1.807, 2.05) is 0 Å². The summed E-state index contributed by atoms with van der Waals surface area (Å²) in [6.45, 7) is 8.62. The molecule has 0 radical (unpaired) electrons. The standard InChI is InChI=1S/C15H31N3/c1-14(18-10-5-3-6-11-18)12-16-13-15-8-4-7-9-17(15)2/h14-16H,3-13H2,1-2H3. The van der Waals surface area contributed by atoms with E-state index in [1.165, 1.54) is 64.7 Å². The van der Waals surface area contributed by atoms with Crippen LogP contribution in [-0.2, 0) is 0 Å². The van der Waals surface area contributed by atoms with Gasteiger partial charge in [0.2, 0.25) is 0 Å². The van der Waals surface area contributed by atoms with Crippen molar-refractivity contribution >= 4 is 0 Å². The molecule has 0 bridgehead atoms. The third-order valence-corrected chi connectivity index (χ3v) is 4.76. The fraction of sp³-hybridized carbons (Fsp3) is 1.00. The molecule has 3 heteroatoms. The zero-order chi connectivity index (χ0) is 12.8. The second-order valence-corrected chi connectivity index (χ2v) is 6.23. The molecule has 2 atom stereocenters. The number of nitrogens with one attached hydrogen (secondary N) is 1. The zero-order valence-corrected chi connectivity index (χ0v) is 12.3. The summed E-state index contributed by atoms with van der Waals surface area (Å²) in [5.41, 5.74) is 0. The van der Waals surface area contributed by atoms with Gasteiger partial charge in [0, 0.05) is 25.2 Å². The van der Waals surface area contributed by atoms with Crippen molar-refractivity contribution in [2.75, 3.05) is 39.8 Å². The fourth-order valence-corrected chi connectivity index (χ4v) is 3.35. The highest BCUT2D eigenvalue weighted by Crippen LogP contribution is 2.14. The first-order valence-electron chi connectivity index (χ1n) is 7.92. The highest BCUT2D eigenvalue weighted by atomic mass is 15.2. The third-order valence-electron chi connectivity index (χ3n) is 4.76. The van der Waals surface area contributed by atoms with Gasteiger partial charge in [-0.15, -0.1) is 0 Å². The minimum absolute atomic E-state index is 0.708. The Labute approximate surface area is 113 Å². The second-order valence-electron chi connectivity index (χ2n) is 6.23. The van der Waals surface area contributed by atoms with Crippen LogP contribution in [-0.4, -0.2) is 61.7 Å². The molecule has 2 aliphatic rings. The van der Waals surface area contributed by atoms with Gasteiger partial charge >= 0.3 is 0 Å². The van der Waals surface area contributed by atoms with Crippen molar-refractivity contribution in [3.8, 4) is 0 Å². The maximum atomic E-state index is 3.70. The van der Waals surface area contributed by atoms with Crippen LogP contribution in [0.3, 0.4) is 0 Å². The molecule has 0 amide bonds. The Balaban J connectivity index is 1.61. The molecule has 2 heterocycles. The van der Waals surface area contributed by atoms with Gasteiger partial charge in [-0.25, -0.2) is 0 Å². The first-order valence-corrected chi connectivity index (χ1v) is 7.92. The average Bonchev–Trinajstić information content (AvgIpc) is 2.42. The van der Waals surface area contributed by atoms with Gasteiger partial charge in [0.05, 0.1) is 0 Å². The van der Waals surface area contributed by atoms with Gasteiger partial charge in [-0.2, -0.15) is 0 Å². The Morgan fingerprint density at radius 1 is 1.06 bits per heavy atom. The normalized spacial score (nSPS) is 29.3. The van der Waals surface area contributed by atoms with Gasteiger partial charge in [0.1, 0.15) is 0 Å². The van der Waals surface area contributed by atoms with E-state index >= 15 is 0 Å². The van der Waals surface area contributed by atoms with Crippen LogP contribution in [0.4, 0.5) is 0 Å². The van der Waals surface area contributed by atoms with Crippen molar-refractivity contribution in [2.45, 2.75) is 57.5 Å². The van der Waals surface area contributed by atoms with E-state index in [0.717, 1.165) is 12.6 Å². The van der Waals surface area contributed by atoms with E-state index in [4.69, 9.17) is 0 Å². The highest BCUT2D eigenvalue weighted by molar-refractivity contribution is 4.78. The molecule has 18 heavy (non-hydrogen) atoms. The molecule has 0 saturated carbocycles. The van der Waals surface area contributed by atoms with Crippen LogP contribution in [0.5, 0.6) is 0 Å². The Morgan fingerprint density at radius 3 is 2.50 bits per heavy atom. The maximum absolute atomic E-state index is 3.70. The molecule has 2 saturated heterocycles. The lowest BCUT2D eigenvalue weighted by Crippen LogP contribution is -2.47. The van der Waals surface area contributed by atoms with E-state index in [0.29, 0.717) is 6.04 Å². The lowest BCUT2D eigenvalue weighted by Gasteiger charge is -2.35. The van der Waals surface area contributed by atoms with Crippen LogP contribution in [0.15, 0.2) is 0 Å². The molecule has 0 aliphatic carbocycles. The molecule has 0 spiro atoms. The first kappa shape index (κ1) is 14.3. The lowest BCUT2D eigenvalue weighted by molar-refractivity contribution is 0.156. The lowest BCUT2D eigenvalue weighted by atomic mass is 10.0. The summed E-state index contributed by atoms with van der Waals surface area (Å²) in [6.07, 6.45) is 8.41. The van der Waals surface area contributed by atoms with Crippen molar-refractivity contribution in [1.29, 1.82) is 0 Å². The first-order chi connectivity index (χ1) is 8.77. The van der Waals surface area contributed by atoms with Crippen molar-refractivity contribution in [3.05, 3.63) is 0 Å². The van der Waals surface area contributed by atoms with Gasteiger partial charge in [-0.1, -0.05) is 12.8 Å². The molecule has 2 aliphatic heterocycles. The fourth-order valence-electron chi connectivity index (χ4n) is 3.35. The number of rotatable bonds is 5. The van der Waals surface area contributed by atoms with Crippen LogP contribution in [0.25, 0.3) is 0 Å². The van der Waals surface area contributed by atoms with Crippen LogP contribution in [0.1, 0.15) is 45.4 Å². The molecular weight excluding hydrogens is 222 g/mol. The van der Waals surface area contributed by atoms with Crippen LogP contribution in [0, 0.1) is 0 Å². The predicted octanol–water partition coefficient (Wildman–Crippen LogP) is 1.93. The monoisotopic (exact) mass is 253 g/mol. The van der Waals surface area contributed by atoms with Crippen LogP contribution >= 0.6 is 0 Å². The quantitative estimate of drug-likeness (QED) is 0.808. The summed E-state index contributed by atoms with van der Waals surface area (Å²) in [6, 6.07) is 1.48. The van der Waals surface area contributed by atoms with Crippen molar-refractivity contribution in [1.82, 2.24) is 15.1 Å². The molecular formula is C15H31N3. The van der Waals surface area contributed by atoms with E-state index in [1.54, 1.807) is 0 Å². The molecule has 106 valence electrons. The molecule has 3 nitrogen and oxygen atoms in total. The average molecular weight is 253 g/mol. The van der Waals surface area contributed by atoms with Crippen LogP contribution in [0.2, 0.25) is 0 Å².